The van der Waals surface area contributed by atoms with Gasteiger partial charge in [-0.15, -0.1) is 12.4 Å². The van der Waals surface area contributed by atoms with Crippen molar-refractivity contribution < 1.29 is 9.59 Å². The zero-order valence-electron chi connectivity index (χ0n) is 15.9. The lowest BCUT2D eigenvalue weighted by atomic mass is 10.0. The van der Waals surface area contributed by atoms with Crippen LogP contribution >= 0.6 is 24.0 Å². The van der Waals surface area contributed by atoms with E-state index in [0.717, 1.165) is 6.54 Å². The van der Waals surface area contributed by atoms with E-state index < -0.39 is 0 Å². The summed E-state index contributed by atoms with van der Waals surface area (Å²) in [5, 5.41) is 9.30. The molecule has 6 nitrogen and oxygen atoms in total. The number of amides is 3. The van der Waals surface area contributed by atoms with E-state index in [-0.39, 0.29) is 42.0 Å². The number of nitrogens with zero attached hydrogens (tertiary/aromatic N) is 1. The summed E-state index contributed by atoms with van der Waals surface area (Å²) in [6.45, 7) is 11.1. The fourth-order valence-corrected chi connectivity index (χ4v) is 2.97. The highest BCUT2D eigenvalue weighted by Crippen LogP contribution is 2.24. The van der Waals surface area contributed by atoms with Crippen LogP contribution in [0.4, 0.5) is 10.5 Å². The Balaban J connectivity index is 0.00000338. The first-order valence-electron chi connectivity index (χ1n) is 8.51. The summed E-state index contributed by atoms with van der Waals surface area (Å²) in [4.78, 5) is 26.8. The number of carbonyl (C=O) groups is 2. The fourth-order valence-electron chi connectivity index (χ4n) is 2.77. The number of urea groups is 1. The first-order chi connectivity index (χ1) is 11.6. The third-order valence-electron chi connectivity index (χ3n) is 4.24. The van der Waals surface area contributed by atoms with E-state index in [4.69, 9.17) is 11.6 Å². The van der Waals surface area contributed by atoms with Gasteiger partial charge in [-0.1, -0.05) is 11.6 Å². The van der Waals surface area contributed by atoms with Crippen LogP contribution in [0.3, 0.4) is 0 Å². The van der Waals surface area contributed by atoms with Crippen molar-refractivity contribution in [3.63, 3.8) is 0 Å². The smallest absolute Gasteiger partial charge is 0.319 e. The maximum Gasteiger partial charge on any atom is 0.319 e. The highest BCUT2D eigenvalue weighted by Gasteiger charge is 2.30. The van der Waals surface area contributed by atoms with E-state index in [1.54, 1.807) is 18.2 Å². The number of hydrogen-bond donors (Lipinski definition) is 3. The molecule has 0 spiro atoms. The number of anilines is 1. The maximum absolute atomic E-state index is 12.9. The van der Waals surface area contributed by atoms with E-state index in [2.05, 4.69) is 22.9 Å². The fraction of sp³-hybridized carbons (Fsp3) is 0.556. The van der Waals surface area contributed by atoms with Crippen molar-refractivity contribution in [1.29, 1.82) is 0 Å². The van der Waals surface area contributed by atoms with Gasteiger partial charge in [-0.2, -0.15) is 0 Å². The zero-order valence-corrected chi connectivity index (χ0v) is 17.4. The summed E-state index contributed by atoms with van der Waals surface area (Å²) in [7, 11) is 0. The first kappa shape index (κ1) is 22.5. The molecule has 2 unspecified atom stereocenters. The molecular weight excluding hydrogens is 375 g/mol. The SMILES string of the molecule is CC1NCCN(C(=O)c2cc(NC(=O)NC(C)(C)C)ccc2Cl)C1C.Cl. The van der Waals surface area contributed by atoms with Crippen LogP contribution in [-0.4, -0.2) is 47.6 Å². The predicted octanol–water partition coefficient (Wildman–Crippen LogP) is 3.50. The van der Waals surface area contributed by atoms with E-state index in [1.165, 1.54) is 0 Å². The van der Waals surface area contributed by atoms with Crippen LogP contribution in [0.1, 0.15) is 45.0 Å². The molecule has 0 aliphatic carbocycles. The van der Waals surface area contributed by atoms with Crippen molar-refractivity contribution in [2.24, 2.45) is 0 Å². The molecule has 0 bridgehead atoms. The molecule has 1 aromatic rings. The molecule has 146 valence electrons. The molecule has 26 heavy (non-hydrogen) atoms. The quantitative estimate of drug-likeness (QED) is 0.708. The van der Waals surface area contributed by atoms with Gasteiger partial charge in [0, 0.05) is 36.4 Å². The van der Waals surface area contributed by atoms with Gasteiger partial charge in [0.2, 0.25) is 0 Å². The van der Waals surface area contributed by atoms with Gasteiger partial charge >= 0.3 is 6.03 Å². The molecule has 1 aliphatic rings. The van der Waals surface area contributed by atoms with E-state index >= 15 is 0 Å². The van der Waals surface area contributed by atoms with Gasteiger partial charge < -0.3 is 20.9 Å². The number of hydrogen-bond acceptors (Lipinski definition) is 3. The van der Waals surface area contributed by atoms with E-state index in [1.807, 2.05) is 32.6 Å². The van der Waals surface area contributed by atoms with E-state index in [9.17, 15) is 9.59 Å². The molecule has 0 aromatic heterocycles. The van der Waals surface area contributed by atoms with Gasteiger partial charge in [0.15, 0.2) is 0 Å². The van der Waals surface area contributed by atoms with Crippen LogP contribution in [0.5, 0.6) is 0 Å². The molecule has 2 rings (SSSR count). The highest BCUT2D eigenvalue weighted by molar-refractivity contribution is 6.34. The standard InChI is InChI=1S/C18H27ClN4O2.ClH/c1-11-12(2)23(9-8-20-11)16(24)14-10-13(6-7-15(14)19)21-17(25)22-18(3,4)5;/h6-7,10-12,20H,8-9H2,1-5H3,(H2,21,22,25);1H. The number of rotatable bonds is 2. The van der Waals surface area contributed by atoms with Crippen LogP contribution < -0.4 is 16.0 Å². The minimum absolute atomic E-state index is 0. The van der Waals surface area contributed by atoms with Crippen molar-refractivity contribution in [1.82, 2.24) is 15.5 Å². The van der Waals surface area contributed by atoms with Crippen LogP contribution in [0.2, 0.25) is 5.02 Å². The minimum Gasteiger partial charge on any atom is -0.333 e. The molecule has 3 N–H and O–H groups in total. The van der Waals surface area contributed by atoms with Crippen molar-refractivity contribution in [2.75, 3.05) is 18.4 Å². The number of nitrogens with one attached hydrogen (secondary N) is 3. The lowest BCUT2D eigenvalue weighted by molar-refractivity contribution is 0.0603. The normalized spacial score (nSPS) is 20.2. The second kappa shape index (κ2) is 8.93. The molecule has 0 radical (unpaired) electrons. The molecule has 1 aromatic carbocycles. The van der Waals surface area contributed by atoms with Crippen molar-refractivity contribution >= 4 is 41.6 Å². The largest absolute Gasteiger partial charge is 0.333 e. The Kier molecular flexibility index (Phi) is 7.74. The Bertz CT molecular complexity index is 661. The number of halogens is 2. The van der Waals surface area contributed by atoms with Crippen molar-refractivity contribution in [3.05, 3.63) is 28.8 Å². The summed E-state index contributed by atoms with van der Waals surface area (Å²) < 4.78 is 0. The Morgan fingerprint density at radius 2 is 1.92 bits per heavy atom. The molecule has 0 saturated carbocycles. The average Bonchev–Trinajstić information content (AvgIpc) is 2.49. The lowest BCUT2D eigenvalue weighted by Gasteiger charge is -2.38. The summed E-state index contributed by atoms with van der Waals surface area (Å²) >= 11 is 6.25. The number of carbonyl (C=O) groups excluding carboxylic acids is 2. The van der Waals surface area contributed by atoms with Crippen LogP contribution in [-0.2, 0) is 0 Å². The van der Waals surface area contributed by atoms with Crippen LogP contribution in [0.15, 0.2) is 18.2 Å². The second-order valence-corrected chi connectivity index (χ2v) is 7.91. The topological polar surface area (TPSA) is 73.5 Å². The van der Waals surface area contributed by atoms with Crippen molar-refractivity contribution in [2.45, 2.75) is 52.2 Å². The molecule has 2 atom stereocenters. The second-order valence-electron chi connectivity index (χ2n) is 7.51. The Hall–Kier alpha value is -1.50. The zero-order chi connectivity index (χ0) is 18.8. The summed E-state index contributed by atoms with van der Waals surface area (Å²) in [6.07, 6.45) is 0. The van der Waals surface area contributed by atoms with Gasteiger partial charge in [-0.05, 0) is 52.8 Å². The average molecular weight is 403 g/mol. The van der Waals surface area contributed by atoms with Crippen LogP contribution in [0.25, 0.3) is 0 Å². The number of piperazine rings is 1. The van der Waals surface area contributed by atoms with E-state index in [0.29, 0.717) is 22.8 Å². The molecular formula is C18H28Cl2N4O2. The third-order valence-corrected chi connectivity index (χ3v) is 4.57. The van der Waals surface area contributed by atoms with Crippen LogP contribution in [0, 0.1) is 0 Å². The van der Waals surface area contributed by atoms with Gasteiger partial charge in [0.25, 0.3) is 5.91 Å². The van der Waals surface area contributed by atoms with Gasteiger partial charge in [0.05, 0.1) is 10.6 Å². The molecule has 3 amide bonds. The van der Waals surface area contributed by atoms with Crippen molar-refractivity contribution in [3.8, 4) is 0 Å². The molecule has 1 saturated heterocycles. The van der Waals surface area contributed by atoms with Gasteiger partial charge in [-0.3, -0.25) is 4.79 Å². The Morgan fingerprint density at radius 1 is 1.27 bits per heavy atom. The molecule has 1 heterocycles. The highest BCUT2D eigenvalue weighted by atomic mass is 35.5. The summed E-state index contributed by atoms with van der Waals surface area (Å²) in [5.74, 6) is -0.120. The first-order valence-corrected chi connectivity index (χ1v) is 8.89. The van der Waals surface area contributed by atoms with Gasteiger partial charge in [-0.25, -0.2) is 4.79 Å². The minimum atomic E-state index is -0.346. The molecule has 1 fully saturated rings. The maximum atomic E-state index is 12.9. The molecule has 8 heteroatoms. The Morgan fingerprint density at radius 3 is 2.54 bits per heavy atom. The summed E-state index contributed by atoms with van der Waals surface area (Å²) in [5.41, 5.74) is 0.586. The number of benzene rings is 1. The lowest BCUT2D eigenvalue weighted by Crippen LogP contribution is -2.57. The third kappa shape index (κ3) is 5.76. The monoisotopic (exact) mass is 402 g/mol. The van der Waals surface area contributed by atoms with Gasteiger partial charge in [0.1, 0.15) is 0 Å². The predicted molar refractivity (Wildman–Crippen MR) is 109 cm³/mol. The summed E-state index contributed by atoms with van der Waals surface area (Å²) in [6, 6.07) is 4.92. The molecule has 1 aliphatic heterocycles. The Labute approximate surface area is 166 Å².